The Bertz CT molecular complexity index is 538. The van der Waals surface area contributed by atoms with Crippen molar-refractivity contribution < 1.29 is 24.2 Å². The van der Waals surface area contributed by atoms with E-state index in [9.17, 15) is 14.4 Å². The average Bonchev–Trinajstić information content (AvgIpc) is 2.35. The minimum atomic E-state index is -1.18. The smallest absolute Gasteiger partial charge is 0.339 e. The number of hydrogen-bond donors (Lipinski definition) is 2. The fourth-order valence-corrected chi connectivity index (χ4v) is 1.93. The van der Waals surface area contributed by atoms with Crippen LogP contribution < -0.4 is 4.74 Å². The molecule has 6 heteroatoms. The predicted molar refractivity (Wildman–Crippen MR) is 76.4 cm³/mol. The van der Waals surface area contributed by atoms with Gasteiger partial charge >= 0.3 is 11.9 Å². The second kappa shape index (κ2) is 7.09. The first-order chi connectivity index (χ1) is 9.35. The van der Waals surface area contributed by atoms with Crippen LogP contribution in [0.25, 0.3) is 0 Å². The van der Waals surface area contributed by atoms with Gasteiger partial charge in [-0.2, -0.15) is 12.6 Å². The van der Waals surface area contributed by atoms with Crippen LogP contribution in [0, 0.1) is 12.8 Å². The molecule has 0 aliphatic rings. The molecule has 0 saturated heterocycles. The Labute approximate surface area is 122 Å². The predicted octanol–water partition coefficient (Wildman–Crippen LogP) is 2.12. The number of benzene rings is 1. The lowest BCUT2D eigenvalue weighted by Crippen LogP contribution is -2.24. The van der Waals surface area contributed by atoms with Gasteiger partial charge in [-0.15, -0.1) is 0 Å². The van der Waals surface area contributed by atoms with Crippen molar-refractivity contribution in [3.8, 4) is 5.75 Å². The summed E-state index contributed by atoms with van der Waals surface area (Å²) >= 11 is 4.01. The monoisotopic (exact) mass is 296 g/mol. The van der Waals surface area contributed by atoms with Crippen LogP contribution in [0.3, 0.4) is 0 Å². The van der Waals surface area contributed by atoms with Crippen molar-refractivity contribution in [2.75, 3.05) is 5.75 Å². The summed E-state index contributed by atoms with van der Waals surface area (Å²) in [5.41, 5.74) is 0.677. The van der Waals surface area contributed by atoms with Crippen molar-refractivity contribution in [1.29, 1.82) is 0 Å². The third-order valence-corrected chi connectivity index (χ3v) is 3.11. The minimum Gasteiger partial charge on any atom is -0.478 e. The molecule has 1 unspecified atom stereocenters. The van der Waals surface area contributed by atoms with Crippen molar-refractivity contribution in [2.24, 2.45) is 5.92 Å². The van der Waals surface area contributed by atoms with E-state index >= 15 is 0 Å². The molecular formula is C14H16O5S. The highest BCUT2D eigenvalue weighted by Gasteiger charge is 2.23. The topological polar surface area (TPSA) is 80.7 Å². The zero-order valence-corrected chi connectivity index (χ0v) is 12.1. The van der Waals surface area contributed by atoms with Gasteiger partial charge < -0.3 is 14.6 Å². The summed E-state index contributed by atoms with van der Waals surface area (Å²) < 4.78 is 5.12. The largest absolute Gasteiger partial charge is 0.478 e. The molecule has 0 fully saturated rings. The SMILES string of the molecule is CC(=O)CC(CS)C(=O)Oc1cc(C)ccc1C(=O)O. The Balaban J connectivity index is 2.96. The quantitative estimate of drug-likeness (QED) is 0.477. The van der Waals surface area contributed by atoms with Gasteiger partial charge in [-0.05, 0) is 31.5 Å². The highest BCUT2D eigenvalue weighted by atomic mass is 32.1. The first-order valence-corrected chi connectivity index (χ1v) is 6.64. The van der Waals surface area contributed by atoms with E-state index in [1.807, 2.05) is 0 Å². The number of rotatable bonds is 6. The third-order valence-electron chi connectivity index (χ3n) is 2.67. The van der Waals surface area contributed by atoms with Crippen LogP contribution >= 0.6 is 12.6 Å². The van der Waals surface area contributed by atoms with Gasteiger partial charge in [0.15, 0.2) is 0 Å². The van der Waals surface area contributed by atoms with Crippen molar-refractivity contribution in [3.63, 3.8) is 0 Å². The molecule has 0 radical (unpaired) electrons. The van der Waals surface area contributed by atoms with Gasteiger partial charge in [0.25, 0.3) is 0 Å². The maximum atomic E-state index is 11.9. The molecule has 1 N–H and O–H groups in total. The van der Waals surface area contributed by atoms with E-state index < -0.39 is 17.9 Å². The average molecular weight is 296 g/mol. The van der Waals surface area contributed by atoms with Gasteiger partial charge in [0.1, 0.15) is 17.1 Å². The van der Waals surface area contributed by atoms with E-state index in [0.717, 1.165) is 5.56 Å². The van der Waals surface area contributed by atoms with Gasteiger partial charge in [0.05, 0.1) is 5.92 Å². The molecule has 0 bridgehead atoms. The van der Waals surface area contributed by atoms with Crippen LogP contribution in [0.5, 0.6) is 5.75 Å². The number of aromatic carboxylic acids is 1. The lowest BCUT2D eigenvalue weighted by atomic mass is 10.1. The number of carbonyl (C=O) groups is 3. The van der Waals surface area contributed by atoms with Crippen LogP contribution in [0.15, 0.2) is 18.2 Å². The Morgan fingerprint density at radius 1 is 1.35 bits per heavy atom. The molecule has 0 spiro atoms. The number of ether oxygens (including phenoxy) is 1. The summed E-state index contributed by atoms with van der Waals surface area (Å²) in [6.07, 6.45) is 0.0244. The first-order valence-electron chi connectivity index (χ1n) is 6.01. The van der Waals surface area contributed by atoms with Crippen LogP contribution in [-0.4, -0.2) is 28.6 Å². The number of aryl methyl sites for hydroxylation is 1. The van der Waals surface area contributed by atoms with E-state index in [4.69, 9.17) is 9.84 Å². The summed E-state index contributed by atoms with van der Waals surface area (Å²) in [4.78, 5) is 34.1. The molecule has 108 valence electrons. The summed E-state index contributed by atoms with van der Waals surface area (Å²) in [6.45, 7) is 3.13. The molecule has 20 heavy (non-hydrogen) atoms. The van der Waals surface area contributed by atoms with E-state index in [1.54, 1.807) is 13.0 Å². The number of hydrogen-bond acceptors (Lipinski definition) is 5. The van der Waals surface area contributed by atoms with E-state index in [0.29, 0.717) is 0 Å². The number of carbonyl (C=O) groups excluding carboxylic acids is 2. The standard InChI is InChI=1S/C14H16O5S/c1-8-3-4-11(13(16)17)12(5-8)19-14(18)10(7-20)6-9(2)15/h3-5,10,20H,6-7H2,1-2H3,(H,16,17). The van der Waals surface area contributed by atoms with Crippen molar-refractivity contribution in [1.82, 2.24) is 0 Å². The normalized spacial score (nSPS) is 11.8. The van der Waals surface area contributed by atoms with E-state index in [2.05, 4.69) is 12.6 Å². The molecule has 5 nitrogen and oxygen atoms in total. The van der Waals surface area contributed by atoms with Crippen LogP contribution in [0.1, 0.15) is 29.3 Å². The van der Waals surface area contributed by atoms with Gasteiger partial charge in [0, 0.05) is 12.2 Å². The number of thiol groups is 1. The molecule has 0 heterocycles. The highest BCUT2D eigenvalue weighted by molar-refractivity contribution is 7.80. The number of Topliss-reactive ketones (excluding diaryl/α,β-unsaturated/α-hetero) is 1. The first kappa shape index (κ1) is 16.2. The Hall–Kier alpha value is -1.82. The van der Waals surface area contributed by atoms with Gasteiger partial charge in [-0.25, -0.2) is 4.79 Å². The molecule has 0 aliphatic heterocycles. The van der Waals surface area contributed by atoms with Crippen LogP contribution in [0.2, 0.25) is 0 Å². The lowest BCUT2D eigenvalue weighted by molar-refractivity contribution is -0.140. The molecule has 1 rings (SSSR count). The highest BCUT2D eigenvalue weighted by Crippen LogP contribution is 2.22. The van der Waals surface area contributed by atoms with Crippen LogP contribution in [-0.2, 0) is 9.59 Å². The summed E-state index contributed by atoms with van der Waals surface area (Å²) in [7, 11) is 0. The maximum absolute atomic E-state index is 11.9. The maximum Gasteiger partial charge on any atom is 0.339 e. The zero-order valence-electron chi connectivity index (χ0n) is 11.3. The molecule has 0 aliphatic carbocycles. The van der Waals surface area contributed by atoms with Crippen molar-refractivity contribution in [3.05, 3.63) is 29.3 Å². The van der Waals surface area contributed by atoms with E-state index in [-0.39, 0.29) is 29.3 Å². The summed E-state index contributed by atoms with van der Waals surface area (Å²) in [5, 5.41) is 9.05. The second-order valence-electron chi connectivity index (χ2n) is 4.51. The zero-order chi connectivity index (χ0) is 15.3. The van der Waals surface area contributed by atoms with Gasteiger partial charge in [-0.1, -0.05) is 6.07 Å². The fourth-order valence-electron chi connectivity index (χ4n) is 1.65. The number of ketones is 1. The van der Waals surface area contributed by atoms with Gasteiger partial charge in [0.2, 0.25) is 0 Å². The van der Waals surface area contributed by atoms with E-state index in [1.165, 1.54) is 19.1 Å². The molecule has 1 aromatic rings. The third kappa shape index (κ3) is 4.38. The fraction of sp³-hybridized carbons (Fsp3) is 0.357. The Morgan fingerprint density at radius 2 is 2.00 bits per heavy atom. The Kier molecular flexibility index (Phi) is 5.76. The molecule has 0 saturated carbocycles. The van der Waals surface area contributed by atoms with Crippen LogP contribution in [0.4, 0.5) is 0 Å². The van der Waals surface area contributed by atoms with Crippen molar-refractivity contribution >= 4 is 30.4 Å². The second-order valence-corrected chi connectivity index (χ2v) is 4.88. The lowest BCUT2D eigenvalue weighted by Gasteiger charge is -2.13. The number of carboxylic acids is 1. The number of carboxylic acid groups (broad SMARTS) is 1. The molecular weight excluding hydrogens is 280 g/mol. The van der Waals surface area contributed by atoms with Crippen molar-refractivity contribution in [2.45, 2.75) is 20.3 Å². The summed E-state index contributed by atoms with van der Waals surface area (Å²) in [5.74, 6) is -2.52. The molecule has 1 atom stereocenters. The molecule has 1 aromatic carbocycles. The Morgan fingerprint density at radius 3 is 2.50 bits per heavy atom. The molecule has 0 amide bonds. The number of esters is 1. The van der Waals surface area contributed by atoms with Gasteiger partial charge in [-0.3, -0.25) is 4.79 Å². The minimum absolute atomic E-state index is 0.0159. The molecule has 0 aromatic heterocycles. The summed E-state index contributed by atoms with van der Waals surface area (Å²) in [6, 6.07) is 4.47.